The van der Waals surface area contributed by atoms with Gasteiger partial charge in [0.05, 0.1) is 25.5 Å². The number of nitrogens with zero attached hydrogens (tertiary/aromatic N) is 4. The maximum atomic E-state index is 12.7. The molecule has 148 valence electrons. The molecule has 1 saturated heterocycles. The number of aromatic nitrogens is 2. The third-order valence-corrected chi connectivity index (χ3v) is 5.37. The molecular weight excluding hydrogens is 368 g/mol. The second kappa shape index (κ2) is 7.67. The van der Waals surface area contributed by atoms with Crippen LogP contribution in [0.4, 0.5) is 5.95 Å². The van der Waals surface area contributed by atoms with Crippen molar-refractivity contribution in [2.75, 3.05) is 37.8 Å². The normalized spacial score (nSPS) is 16.1. The molecule has 2 aliphatic rings. The number of anilines is 1. The summed E-state index contributed by atoms with van der Waals surface area (Å²) in [5, 5.41) is 2.24. The minimum atomic E-state index is -0.0518. The highest BCUT2D eigenvalue weighted by Gasteiger charge is 2.26. The molecule has 3 heterocycles. The van der Waals surface area contributed by atoms with E-state index in [0.717, 1.165) is 35.1 Å². The van der Waals surface area contributed by atoms with Crippen LogP contribution in [0.5, 0.6) is 5.75 Å². The molecule has 0 radical (unpaired) electrons. The van der Waals surface area contributed by atoms with Gasteiger partial charge < -0.3 is 19.3 Å². The molecule has 0 unspecified atom stereocenters. The maximum absolute atomic E-state index is 12.7. The molecule has 0 spiro atoms. The Morgan fingerprint density at radius 1 is 1.07 bits per heavy atom. The van der Waals surface area contributed by atoms with E-state index in [1.165, 1.54) is 0 Å². The summed E-state index contributed by atoms with van der Waals surface area (Å²) in [4.78, 5) is 25.7. The first-order chi connectivity index (χ1) is 14.3. The minimum Gasteiger partial charge on any atom is -0.484 e. The van der Waals surface area contributed by atoms with Gasteiger partial charge in [0, 0.05) is 31.4 Å². The zero-order valence-electron chi connectivity index (χ0n) is 16.1. The SMILES string of the molecule is O=C(COc1ccc2ccccc2c1)N1Cc2cnc(N3CCOCC3)nc2C1. The van der Waals surface area contributed by atoms with Crippen LogP contribution in [-0.4, -0.2) is 53.7 Å². The first-order valence-electron chi connectivity index (χ1n) is 9.83. The van der Waals surface area contributed by atoms with Gasteiger partial charge in [-0.3, -0.25) is 4.79 Å². The number of hydrogen-bond acceptors (Lipinski definition) is 6. The van der Waals surface area contributed by atoms with Crippen LogP contribution in [0.25, 0.3) is 10.8 Å². The molecule has 7 heteroatoms. The first kappa shape index (κ1) is 17.9. The van der Waals surface area contributed by atoms with E-state index < -0.39 is 0 Å². The Kier molecular flexibility index (Phi) is 4.73. The second-order valence-corrected chi connectivity index (χ2v) is 7.29. The molecular formula is C22H22N4O3. The average Bonchev–Trinajstić information content (AvgIpc) is 3.21. The summed E-state index contributed by atoms with van der Waals surface area (Å²) in [5.74, 6) is 1.36. The lowest BCUT2D eigenvalue weighted by molar-refractivity contribution is -0.134. The third kappa shape index (κ3) is 3.73. The monoisotopic (exact) mass is 390 g/mol. The van der Waals surface area contributed by atoms with Gasteiger partial charge in [-0.05, 0) is 22.9 Å². The summed E-state index contributed by atoms with van der Waals surface area (Å²) < 4.78 is 11.1. The van der Waals surface area contributed by atoms with Gasteiger partial charge in [0.15, 0.2) is 6.61 Å². The summed E-state index contributed by atoms with van der Waals surface area (Å²) in [5.41, 5.74) is 1.92. The molecule has 0 aliphatic carbocycles. The molecule has 0 saturated carbocycles. The van der Waals surface area contributed by atoms with E-state index >= 15 is 0 Å². The van der Waals surface area contributed by atoms with Crippen molar-refractivity contribution in [2.45, 2.75) is 13.1 Å². The van der Waals surface area contributed by atoms with E-state index in [9.17, 15) is 4.79 Å². The van der Waals surface area contributed by atoms with Gasteiger partial charge in [-0.25, -0.2) is 9.97 Å². The van der Waals surface area contributed by atoms with Gasteiger partial charge in [0.2, 0.25) is 5.95 Å². The van der Waals surface area contributed by atoms with Gasteiger partial charge in [-0.1, -0.05) is 30.3 Å². The van der Waals surface area contributed by atoms with Crippen molar-refractivity contribution < 1.29 is 14.3 Å². The molecule has 1 fully saturated rings. The summed E-state index contributed by atoms with van der Waals surface area (Å²) in [7, 11) is 0. The van der Waals surface area contributed by atoms with Crippen LogP contribution >= 0.6 is 0 Å². The summed E-state index contributed by atoms with van der Waals surface area (Å²) in [6.45, 7) is 4.00. The van der Waals surface area contributed by atoms with Crippen LogP contribution in [0.3, 0.4) is 0 Å². The van der Waals surface area contributed by atoms with E-state index in [1.807, 2.05) is 42.6 Å². The molecule has 29 heavy (non-hydrogen) atoms. The Hall–Kier alpha value is -3.19. The highest BCUT2D eigenvalue weighted by molar-refractivity contribution is 5.84. The van der Waals surface area contributed by atoms with Gasteiger partial charge >= 0.3 is 0 Å². The van der Waals surface area contributed by atoms with Crippen molar-refractivity contribution in [3.63, 3.8) is 0 Å². The lowest BCUT2D eigenvalue weighted by Crippen LogP contribution is -2.37. The van der Waals surface area contributed by atoms with Gasteiger partial charge in [-0.15, -0.1) is 0 Å². The molecule has 1 amide bonds. The number of carbonyl (C=O) groups is 1. The molecule has 0 N–H and O–H groups in total. The van der Waals surface area contributed by atoms with Gasteiger partial charge in [0.1, 0.15) is 5.75 Å². The quantitative estimate of drug-likeness (QED) is 0.681. The molecule has 0 bridgehead atoms. The van der Waals surface area contributed by atoms with Crippen molar-refractivity contribution in [3.05, 3.63) is 59.9 Å². The van der Waals surface area contributed by atoms with Crippen molar-refractivity contribution >= 4 is 22.6 Å². The number of carbonyl (C=O) groups excluding carboxylic acids is 1. The molecule has 3 aromatic rings. The van der Waals surface area contributed by atoms with E-state index in [1.54, 1.807) is 4.90 Å². The Morgan fingerprint density at radius 2 is 1.90 bits per heavy atom. The van der Waals surface area contributed by atoms with E-state index in [2.05, 4.69) is 20.9 Å². The van der Waals surface area contributed by atoms with Crippen LogP contribution in [-0.2, 0) is 22.6 Å². The van der Waals surface area contributed by atoms with Crippen molar-refractivity contribution in [3.8, 4) is 5.75 Å². The van der Waals surface area contributed by atoms with Crippen LogP contribution in [0.2, 0.25) is 0 Å². The summed E-state index contributed by atoms with van der Waals surface area (Å²) in [6, 6.07) is 13.9. The summed E-state index contributed by atoms with van der Waals surface area (Å²) >= 11 is 0. The van der Waals surface area contributed by atoms with E-state index in [0.29, 0.717) is 38.0 Å². The Morgan fingerprint density at radius 3 is 2.76 bits per heavy atom. The van der Waals surface area contributed by atoms with Crippen molar-refractivity contribution in [2.24, 2.45) is 0 Å². The predicted octanol–water partition coefficient (Wildman–Crippen LogP) is 2.39. The Labute approximate surface area is 168 Å². The molecule has 2 aliphatic heterocycles. The molecule has 5 rings (SSSR count). The van der Waals surface area contributed by atoms with E-state index in [4.69, 9.17) is 9.47 Å². The lowest BCUT2D eigenvalue weighted by atomic mass is 10.1. The van der Waals surface area contributed by atoms with Crippen LogP contribution in [0, 0.1) is 0 Å². The van der Waals surface area contributed by atoms with Crippen LogP contribution in [0.15, 0.2) is 48.7 Å². The number of hydrogen-bond donors (Lipinski definition) is 0. The molecule has 2 aromatic carbocycles. The number of fused-ring (bicyclic) bond motifs is 2. The Bertz CT molecular complexity index is 1050. The number of morpholine rings is 1. The number of benzene rings is 2. The average molecular weight is 390 g/mol. The highest BCUT2D eigenvalue weighted by Crippen LogP contribution is 2.24. The molecule has 0 atom stereocenters. The maximum Gasteiger partial charge on any atom is 0.261 e. The fourth-order valence-electron chi connectivity index (χ4n) is 3.73. The Balaban J connectivity index is 1.22. The van der Waals surface area contributed by atoms with Gasteiger partial charge in [-0.2, -0.15) is 0 Å². The lowest BCUT2D eigenvalue weighted by Gasteiger charge is -2.26. The zero-order valence-corrected chi connectivity index (χ0v) is 16.1. The fourth-order valence-corrected chi connectivity index (χ4v) is 3.73. The topological polar surface area (TPSA) is 67.8 Å². The first-order valence-corrected chi connectivity index (χ1v) is 9.83. The zero-order chi connectivity index (χ0) is 19.6. The number of ether oxygens (including phenoxy) is 2. The van der Waals surface area contributed by atoms with Crippen LogP contribution < -0.4 is 9.64 Å². The third-order valence-electron chi connectivity index (χ3n) is 5.37. The molecule has 1 aromatic heterocycles. The van der Waals surface area contributed by atoms with Crippen LogP contribution in [0.1, 0.15) is 11.3 Å². The van der Waals surface area contributed by atoms with Gasteiger partial charge in [0.25, 0.3) is 5.91 Å². The fraction of sp³-hybridized carbons (Fsp3) is 0.318. The summed E-state index contributed by atoms with van der Waals surface area (Å²) in [6.07, 6.45) is 1.84. The minimum absolute atomic E-state index is 0.01000. The number of rotatable bonds is 4. The van der Waals surface area contributed by atoms with E-state index in [-0.39, 0.29) is 12.5 Å². The molecule has 7 nitrogen and oxygen atoms in total. The largest absolute Gasteiger partial charge is 0.484 e. The van der Waals surface area contributed by atoms with Crippen molar-refractivity contribution in [1.29, 1.82) is 0 Å². The highest BCUT2D eigenvalue weighted by atomic mass is 16.5. The smallest absolute Gasteiger partial charge is 0.261 e. The predicted molar refractivity (Wildman–Crippen MR) is 109 cm³/mol. The number of amides is 1. The second-order valence-electron chi connectivity index (χ2n) is 7.29. The van der Waals surface area contributed by atoms with Crippen molar-refractivity contribution in [1.82, 2.24) is 14.9 Å². The standard InChI is InChI=1S/C22H22N4O3/c27-21(15-29-19-6-5-16-3-1-2-4-17(16)11-19)26-13-18-12-23-22(24-20(18)14-26)25-7-9-28-10-8-25/h1-6,11-12H,7-10,13-15H2.